The Morgan fingerprint density at radius 3 is 2.32 bits per heavy atom. The quantitative estimate of drug-likeness (QED) is 0.793. The fourth-order valence-electron chi connectivity index (χ4n) is 3.01. The molecule has 1 saturated heterocycles. The first-order valence-electron chi connectivity index (χ1n) is 8.82. The molecule has 2 amide bonds. The van der Waals surface area contributed by atoms with Crippen LogP contribution in [0.2, 0.25) is 0 Å². The van der Waals surface area contributed by atoms with Crippen molar-refractivity contribution in [3.63, 3.8) is 0 Å². The van der Waals surface area contributed by atoms with Gasteiger partial charge in [-0.2, -0.15) is 0 Å². The molecule has 0 aliphatic carbocycles. The maximum Gasteiger partial charge on any atom is 0.251 e. The average molecular weight is 390 g/mol. The van der Waals surface area contributed by atoms with Gasteiger partial charge in [-0.05, 0) is 48.5 Å². The third kappa shape index (κ3) is 4.83. The first-order valence-corrected chi connectivity index (χ1v) is 8.82. The van der Waals surface area contributed by atoms with Gasteiger partial charge in [-0.25, -0.2) is 8.78 Å². The molecule has 28 heavy (non-hydrogen) atoms. The summed E-state index contributed by atoms with van der Waals surface area (Å²) in [6, 6.07) is 11.2. The topological polar surface area (TPSA) is 78.9 Å². The molecule has 2 aromatic rings. The van der Waals surface area contributed by atoms with Crippen LogP contribution in [0, 0.1) is 5.82 Å². The summed E-state index contributed by atoms with van der Waals surface area (Å²) in [7, 11) is 0. The molecule has 8 heteroatoms. The van der Waals surface area contributed by atoms with Crippen molar-refractivity contribution in [3.8, 4) is 11.5 Å². The summed E-state index contributed by atoms with van der Waals surface area (Å²) in [4.78, 5) is 25.6. The molecule has 0 spiro atoms. The van der Waals surface area contributed by atoms with Crippen molar-refractivity contribution >= 4 is 11.8 Å². The van der Waals surface area contributed by atoms with Gasteiger partial charge in [0.05, 0.1) is 25.7 Å². The molecule has 2 N–H and O–H groups in total. The number of carbonyl (C=O) groups excluding carboxylic acids is 2. The highest BCUT2D eigenvalue weighted by Crippen LogP contribution is 2.22. The van der Waals surface area contributed by atoms with Crippen LogP contribution in [-0.4, -0.2) is 53.7 Å². The van der Waals surface area contributed by atoms with Crippen molar-refractivity contribution in [3.05, 3.63) is 59.9 Å². The van der Waals surface area contributed by atoms with Gasteiger partial charge in [0.1, 0.15) is 23.5 Å². The van der Waals surface area contributed by atoms with Crippen LogP contribution in [0.4, 0.5) is 8.78 Å². The second-order valence-electron chi connectivity index (χ2n) is 6.48. The van der Waals surface area contributed by atoms with Crippen LogP contribution in [0.3, 0.4) is 0 Å². The van der Waals surface area contributed by atoms with Crippen LogP contribution in [0.1, 0.15) is 16.8 Å². The molecule has 1 aliphatic rings. The highest BCUT2D eigenvalue weighted by molar-refractivity contribution is 5.96. The first kappa shape index (κ1) is 19.8. The fraction of sp³-hybridized carbons (Fsp3) is 0.300. The fourth-order valence-corrected chi connectivity index (χ4v) is 3.01. The van der Waals surface area contributed by atoms with Crippen LogP contribution in [-0.2, 0) is 4.79 Å². The molecule has 148 valence electrons. The number of nitrogens with zero attached hydrogens (tertiary/aromatic N) is 1. The minimum Gasteiger partial charge on any atom is -0.457 e. The number of ether oxygens (including phenoxy) is 1. The van der Waals surface area contributed by atoms with Gasteiger partial charge in [0.2, 0.25) is 5.91 Å². The zero-order valence-corrected chi connectivity index (χ0v) is 15.0. The predicted octanol–water partition coefficient (Wildman–Crippen LogP) is 2.28. The Hall–Kier alpha value is -3.00. The summed E-state index contributed by atoms with van der Waals surface area (Å²) in [6.45, 7) is -0.666. The standard InChI is InChI=1S/C20H20F2N2O4/c21-14-3-7-18(8-4-14)28-17-5-1-13(2-6-17)20(27)23-10-19(26)24-11-15(22)9-16(24)12-25/h1-8,15-16,25H,9-12H2,(H,23,27)/t15-,16+/m1/s1. The van der Waals surface area contributed by atoms with Crippen molar-refractivity contribution in [1.82, 2.24) is 10.2 Å². The van der Waals surface area contributed by atoms with E-state index in [1.807, 2.05) is 0 Å². The number of rotatable bonds is 6. The Bertz CT molecular complexity index is 827. The van der Waals surface area contributed by atoms with Crippen LogP contribution in [0.5, 0.6) is 11.5 Å². The third-order valence-electron chi connectivity index (χ3n) is 4.46. The van der Waals surface area contributed by atoms with E-state index >= 15 is 0 Å². The molecular formula is C20H20F2N2O4. The molecule has 1 aliphatic heterocycles. The van der Waals surface area contributed by atoms with Crippen molar-refractivity contribution in [2.24, 2.45) is 0 Å². The molecular weight excluding hydrogens is 370 g/mol. The highest BCUT2D eigenvalue weighted by Gasteiger charge is 2.34. The molecule has 2 aromatic carbocycles. The van der Waals surface area contributed by atoms with E-state index < -0.39 is 24.0 Å². The Balaban J connectivity index is 1.53. The third-order valence-corrected chi connectivity index (χ3v) is 4.46. The van der Waals surface area contributed by atoms with Gasteiger partial charge >= 0.3 is 0 Å². The summed E-state index contributed by atoms with van der Waals surface area (Å²) in [5.41, 5.74) is 0.322. The lowest BCUT2D eigenvalue weighted by Crippen LogP contribution is -2.44. The number of hydrogen-bond donors (Lipinski definition) is 2. The minimum atomic E-state index is -1.16. The van der Waals surface area contributed by atoms with E-state index in [4.69, 9.17) is 4.74 Å². The SMILES string of the molecule is O=C(NCC(=O)N1C[C@H](F)C[C@H]1CO)c1ccc(Oc2ccc(F)cc2)cc1. The largest absolute Gasteiger partial charge is 0.457 e. The number of amides is 2. The average Bonchev–Trinajstić information content (AvgIpc) is 3.09. The van der Waals surface area contributed by atoms with Gasteiger partial charge in [-0.1, -0.05) is 0 Å². The number of aliphatic hydroxyl groups excluding tert-OH is 1. The number of alkyl halides is 1. The van der Waals surface area contributed by atoms with Crippen LogP contribution in [0.25, 0.3) is 0 Å². The van der Waals surface area contributed by atoms with E-state index in [-0.39, 0.29) is 31.9 Å². The van der Waals surface area contributed by atoms with Gasteiger partial charge < -0.3 is 20.1 Å². The normalized spacial score (nSPS) is 18.8. The van der Waals surface area contributed by atoms with Crippen molar-refractivity contribution in [1.29, 1.82) is 0 Å². The van der Waals surface area contributed by atoms with E-state index in [0.29, 0.717) is 17.1 Å². The second kappa shape index (κ2) is 8.79. The number of nitrogens with one attached hydrogen (secondary N) is 1. The lowest BCUT2D eigenvalue weighted by atomic mass is 10.2. The molecule has 2 atom stereocenters. The molecule has 3 rings (SSSR count). The van der Waals surface area contributed by atoms with Gasteiger partial charge in [-0.3, -0.25) is 9.59 Å². The zero-order valence-electron chi connectivity index (χ0n) is 15.0. The number of aliphatic hydroxyl groups is 1. The van der Waals surface area contributed by atoms with Crippen LogP contribution < -0.4 is 10.1 Å². The maximum absolute atomic E-state index is 13.4. The molecule has 1 heterocycles. The zero-order chi connectivity index (χ0) is 20.1. The molecule has 0 saturated carbocycles. The number of carbonyl (C=O) groups is 2. The summed E-state index contributed by atoms with van der Waals surface area (Å²) in [5, 5.41) is 11.7. The van der Waals surface area contributed by atoms with E-state index in [1.165, 1.54) is 41.3 Å². The summed E-state index contributed by atoms with van der Waals surface area (Å²) in [6.07, 6.45) is -1.06. The lowest BCUT2D eigenvalue weighted by Gasteiger charge is -2.22. The Morgan fingerprint density at radius 2 is 1.71 bits per heavy atom. The molecule has 0 radical (unpaired) electrons. The molecule has 0 bridgehead atoms. The number of likely N-dealkylation sites (tertiary alicyclic amines) is 1. The van der Waals surface area contributed by atoms with Crippen LogP contribution >= 0.6 is 0 Å². The highest BCUT2D eigenvalue weighted by atomic mass is 19.1. The first-order chi connectivity index (χ1) is 13.5. The Morgan fingerprint density at radius 1 is 1.11 bits per heavy atom. The maximum atomic E-state index is 13.4. The molecule has 0 unspecified atom stereocenters. The molecule has 1 fully saturated rings. The molecule has 0 aromatic heterocycles. The van der Waals surface area contributed by atoms with Gasteiger partial charge in [0.15, 0.2) is 0 Å². The van der Waals surface area contributed by atoms with Crippen LogP contribution in [0.15, 0.2) is 48.5 Å². The van der Waals surface area contributed by atoms with E-state index in [9.17, 15) is 23.5 Å². The number of hydrogen-bond acceptors (Lipinski definition) is 4. The monoisotopic (exact) mass is 390 g/mol. The number of halogens is 2. The summed E-state index contributed by atoms with van der Waals surface area (Å²) in [5.74, 6) is -0.340. The second-order valence-corrected chi connectivity index (χ2v) is 6.48. The summed E-state index contributed by atoms with van der Waals surface area (Å²) < 4.78 is 31.9. The summed E-state index contributed by atoms with van der Waals surface area (Å²) >= 11 is 0. The molecule has 6 nitrogen and oxygen atoms in total. The lowest BCUT2D eigenvalue weighted by molar-refractivity contribution is -0.131. The Labute approximate surface area is 160 Å². The predicted molar refractivity (Wildman–Crippen MR) is 97.3 cm³/mol. The van der Waals surface area contributed by atoms with Gasteiger partial charge in [-0.15, -0.1) is 0 Å². The van der Waals surface area contributed by atoms with E-state index in [0.717, 1.165) is 0 Å². The smallest absolute Gasteiger partial charge is 0.251 e. The van der Waals surface area contributed by atoms with Crippen molar-refractivity contribution < 1.29 is 28.2 Å². The number of benzene rings is 2. The van der Waals surface area contributed by atoms with E-state index in [2.05, 4.69) is 5.32 Å². The Kier molecular flexibility index (Phi) is 6.20. The van der Waals surface area contributed by atoms with Gasteiger partial charge in [0.25, 0.3) is 5.91 Å². The van der Waals surface area contributed by atoms with Crippen molar-refractivity contribution in [2.75, 3.05) is 19.7 Å². The van der Waals surface area contributed by atoms with Gasteiger partial charge in [0, 0.05) is 12.0 Å². The minimum absolute atomic E-state index is 0.0741. The van der Waals surface area contributed by atoms with Crippen molar-refractivity contribution in [2.45, 2.75) is 18.6 Å². The van der Waals surface area contributed by atoms with E-state index in [1.54, 1.807) is 12.1 Å².